The molecule has 0 atom stereocenters. The SMILES string of the molecule is CC(C)Cc1cccc(C(=O)CCCNC(C)C)c1. The monoisotopic (exact) mass is 261 g/mol. The maximum atomic E-state index is 12.1. The molecule has 0 radical (unpaired) electrons. The van der Waals surface area contributed by atoms with E-state index in [4.69, 9.17) is 0 Å². The van der Waals surface area contributed by atoms with Crippen LogP contribution in [0.25, 0.3) is 0 Å². The smallest absolute Gasteiger partial charge is 0.162 e. The zero-order chi connectivity index (χ0) is 14.3. The second kappa shape index (κ2) is 8.11. The summed E-state index contributed by atoms with van der Waals surface area (Å²) >= 11 is 0. The Morgan fingerprint density at radius 3 is 2.58 bits per heavy atom. The van der Waals surface area contributed by atoms with Gasteiger partial charge in [0, 0.05) is 18.0 Å². The van der Waals surface area contributed by atoms with Gasteiger partial charge in [-0.05, 0) is 36.9 Å². The summed E-state index contributed by atoms with van der Waals surface area (Å²) in [5, 5.41) is 3.34. The molecule has 1 N–H and O–H groups in total. The van der Waals surface area contributed by atoms with Crippen molar-refractivity contribution in [3.8, 4) is 0 Å². The molecule has 19 heavy (non-hydrogen) atoms. The van der Waals surface area contributed by atoms with E-state index in [9.17, 15) is 4.79 Å². The number of rotatable bonds is 8. The van der Waals surface area contributed by atoms with Crippen LogP contribution in [0.3, 0.4) is 0 Å². The standard InChI is InChI=1S/C17H27NO/c1-13(2)11-15-7-5-8-16(12-15)17(19)9-6-10-18-14(3)4/h5,7-8,12-14,18H,6,9-11H2,1-4H3. The Morgan fingerprint density at radius 1 is 1.21 bits per heavy atom. The molecule has 2 heteroatoms. The van der Waals surface area contributed by atoms with Gasteiger partial charge in [-0.3, -0.25) is 4.79 Å². The summed E-state index contributed by atoms with van der Waals surface area (Å²) in [4.78, 5) is 12.1. The van der Waals surface area contributed by atoms with Crippen molar-refractivity contribution in [2.45, 2.75) is 53.0 Å². The number of Topliss-reactive ketones (excluding diaryl/α,β-unsaturated/α-hetero) is 1. The number of hydrogen-bond acceptors (Lipinski definition) is 2. The zero-order valence-electron chi connectivity index (χ0n) is 12.7. The van der Waals surface area contributed by atoms with Gasteiger partial charge in [0.15, 0.2) is 5.78 Å². The highest BCUT2D eigenvalue weighted by Crippen LogP contribution is 2.12. The normalized spacial score (nSPS) is 11.3. The highest BCUT2D eigenvalue weighted by molar-refractivity contribution is 5.96. The topological polar surface area (TPSA) is 29.1 Å². The Morgan fingerprint density at radius 2 is 1.95 bits per heavy atom. The first-order valence-corrected chi connectivity index (χ1v) is 7.34. The van der Waals surface area contributed by atoms with Gasteiger partial charge in [-0.2, -0.15) is 0 Å². The zero-order valence-corrected chi connectivity index (χ0v) is 12.7. The largest absolute Gasteiger partial charge is 0.315 e. The lowest BCUT2D eigenvalue weighted by Gasteiger charge is -2.08. The second-order valence-corrected chi connectivity index (χ2v) is 5.93. The molecule has 0 aliphatic heterocycles. The van der Waals surface area contributed by atoms with Crippen molar-refractivity contribution in [1.29, 1.82) is 0 Å². The number of ketones is 1. The summed E-state index contributed by atoms with van der Waals surface area (Å²) in [5.74, 6) is 0.886. The van der Waals surface area contributed by atoms with Crippen molar-refractivity contribution in [3.63, 3.8) is 0 Å². The van der Waals surface area contributed by atoms with E-state index in [1.165, 1.54) is 5.56 Å². The predicted octanol–water partition coefficient (Wildman–Crippen LogP) is 3.85. The van der Waals surface area contributed by atoms with Crippen molar-refractivity contribution in [2.75, 3.05) is 6.54 Å². The highest BCUT2D eigenvalue weighted by atomic mass is 16.1. The molecule has 0 bridgehead atoms. The minimum absolute atomic E-state index is 0.260. The van der Waals surface area contributed by atoms with Crippen LogP contribution in [-0.4, -0.2) is 18.4 Å². The van der Waals surface area contributed by atoms with Crippen LogP contribution in [0, 0.1) is 5.92 Å². The van der Waals surface area contributed by atoms with Crippen LogP contribution in [0.1, 0.15) is 56.5 Å². The number of carbonyl (C=O) groups is 1. The molecule has 0 spiro atoms. The molecule has 1 rings (SSSR count). The van der Waals surface area contributed by atoms with E-state index in [1.807, 2.05) is 12.1 Å². The number of hydrogen-bond donors (Lipinski definition) is 1. The van der Waals surface area contributed by atoms with Crippen molar-refractivity contribution < 1.29 is 4.79 Å². The van der Waals surface area contributed by atoms with Crippen molar-refractivity contribution in [1.82, 2.24) is 5.32 Å². The van der Waals surface area contributed by atoms with Gasteiger partial charge in [0.05, 0.1) is 0 Å². The lowest BCUT2D eigenvalue weighted by Crippen LogP contribution is -2.24. The first-order valence-electron chi connectivity index (χ1n) is 7.34. The maximum absolute atomic E-state index is 12.1. The van der Waals surface area contributed by atoms with Crippen LogP contribution in [-0.2, 0) is 6.42 Å². The maximum Gasteiger partial charge on any atom is 0.162 e. The van der Waals surface area contributed by atoms with Gasteiger partial charge in [0.2, 0.25) is 0 Å². The van der Waals surface area contributed by atoms with Gasteiger partial charge < -0.3 is 5.32 Å². The summed E-state index contributed by atoms with van der Waals surface area (Å²) in [7, 11) is 0. The van der Waals surface area contributed by atoms with Gasteiger partial charge in [-0.1, -0.05) is 45.9 Å². The molecule has 0 amide bonds. The Bertz CT molecular complexity index is 396. The predicted molar refractivity (Wildman–Crippen MR) is 81.7 cm³/mol. The third-order valence-electron chi connectivity index (χ3n) is 3.03. The quantitative estimate of drug-likeness (QED) is 0.569. The number of carbonyl (C=O) groups excluding carboxylic acids is 1. The van der Waals surface area contributed by atoms with Crippen LogP contribution in [0.4, 0.5) is 0 Å². The molecule has 1 aromatic rings. The molecule has 106 valence electrons. The molecule has 0 aromatic heterocycles. The van der Waals surface area contributed by atoms with E-state index in [2.05, 4.69) is 45.1 Å². The second-order valence-electron chi connectivity index (χ2n) is 5.93. The lowest BCUT2D eigenvalue weighted by molar-refractivity contribution is 0.0979. The van der Waals surface area contributed by atoms with Gasteiger partial charge >= 0.3 is 0 Å². The van der Waals surface area contributed by atoms with E-state index < -0.39 is 0 Å². The molecule has 2 nitrogen and oxygen atoms in total. The van der Waals surface area contributed by atoms with Gasteiger partial charge in [0.1, 0.15) is 0 Å². The Kier molecular flexibility index (Phi) is 6.79. The minimum Gasteiger partial charge on any atom is -0.315 e. The van der Waals surface area contributed by atoms with E-state index in [-0.39, 0.29) is 5.78 Å². The van der Waals surface area contributed by atoms with Gasteiger partial charge in [-0.25, -0.2) is 0 Å². The number of nitrogens with one attached hydrogen (secondary N) is 1. The molecule has 0 unspecified atom stereocenters. The van der Waals surface area contributed by atoms with Crippen LogP contribution < -0.4 is 5.32 Å². The molecule has 0 fully saturated rings. The summed E-state index contributed by atoms with van der Waals surface area (Å²) in [5.41, 5.74) is 2.13. The summed E-state index contributed by atoms with van der Waals surface area (Å²) < 4.78 is 0. The van der Waals surface area contributed by atoms with E-state index in [0.717, 1.165) is 24.9 Å². The van der Waals surface area contributed by atoms with E-state index in [1.54, 1.807) is 0 Å². The molecule has 0 aliphatic carbocycles. The Labute approximate surface area is 117 Å². The molecule has 0 saturated carbocycles. The fourth-order valence-corrected chi connectivity index (χ4v) is 2.13. The molecule has 0 saturated heterocycles. The van der Waals surface area contributed by atoms with Gasteiger partial charge in [0.25, 0.3) is 0 Å². The third kappa shape index (κ3) is 6.53. The fourth-order valence-electron chi connectivity index (χ4n) is 2.13. The highest BCUT2D eigenvalue weighted by Gasteiger charge is 2.07. The first kappa shape index (κ1) is 15.9. The van der Waals surface area contributed by atoms with Crippen molar-refractivity contribution >= 4 is 5.78 Å². The summed E-state index contributed by atoms with van der Waals surface area (Å²) in [6.07, 6.45) is 2.58. The third-order valence-corrected chi connectivity index (χ3v) is 3.03. The van der Waals surface area contributed by atoms with Crippen LogP contribution in [0.15, 0.2) is 24.3 Å². The summed E-state index contributed by atoms with van der Waals surface area (Å²) in [6.45, 7) is 9.56. The Balaban J connectivity index is 2.47. The Hall–Kier alpha value is -1.15. The average Bonchev–Trinajstić information content (AvgIpc) is 2.33. The van der Waals surface area contributed by atoms with Gasteiger partial charge in [-0.15, -0.1) is 0 Å². The molecular weight excluding hydrogens is 234 g/mol. The van der Waals surface area contributed by atoms with Crippen LogP contribution in [0.2, 0.25) is 0 Å². The number of benzene rings is 1. The lowest BCUT2D eigenvalue weighted by atomic mass is 9.98. The molecule has 1 aromatic carbocycles. The van der Waals surface area contributed by atoms with Crippen LogP contribution in [0.5, 0.6) is 0 Å². The van der Waals surface area contributed by atoms with Crippen molar-refractivity contribution in [2.24, 2.45) is 5.92 Å². The van der Waals surface area contributed by atoms with Crippen LogP contribution >= 0.6 is 0 Å². The van der Waals surface area contributed by atoms with Crippen molar-refractivity contribution in [3.05, 3.63) is 35.4 Å². The first-order chi connectivity index (χ1) is 8.99. The van der Waals surface area contributed by atoms with E-state index >= 15 is 0 Å². The summed E-state index contributed by atoms with van der Waals surface area (Å²) in [6, 6.07) is 8.58. The molecule has 0 heterocycles. The fraction of sp³-hybridized carbons (Fsp3) is 0.588. The van der Waals surface area contributed by atoms with E-state index in [0.29, 0.717) is 18.4 Å². The molecule has 0 aliphatic rings. The average molecular weight is 261 g/mol. The molecular formula is C17H27NO. The minimum atomic E-state index is 0.260.